The van der Waals surface area contributed by atoms with Gasteiger partial charge in [0.05, 0.1) is 0 Å². The highest BCUT2D eigenvalue weighted by Crippen LogP contribution is 2.42. The molecule has 1 aliphatic carbocycles. The van der Waals surface area contributed by atoms with Crippen LogP contribution in [0.3, 0.4) is 0 Å². The SMILES string of the molecule is Cc1ccc(C)c(CC2(CBr)CCCC2)c1. The van der Waals surface area contributed by atoms with Gasteiger partial charge in [0.2, 0.25) is 0 Å². The van der Waals surface area contributed by atoms with Crippen molar-refractivity contribution in [2.75, 3.05) is 5.33 Å². The molecule has 88 valence electrons. The Morgan fingerprint density at radius 3 is 2.50 bits per heavy atom. The molecule has 2 rings (SSSR count). The summed E-state index contributed by atoms with van der Waals surface area (Å²) in [5, 5.41) is 1.16. The molecule has 0 N–H and O–H groups in total. The van der Waals surface area contributed by atoms with Crippen molar-refractivity contribution < 1.29 is 0 Å². The van der Waals surface area contributed by atoms with E-state index in [9.17, 15) is 0 Å². The molecule has 0 bridgehead atoms. The Labute approximate surface area is 108 Å². The van der Waals surface area contributed by atoms with Crippen molar-refractivity contribution in [2.45, 2.75) is 46.0 Å². The number of halogens is 1. The van der Waals surface area contributed by atoms with Crippen LogP contribution in [0.4, 0.5) is 0 Å². The maximum atomic E-state index is 3.73. The lowest BCUT2D eigenvalue weighted by Crippen LogP contribution is -2.22. The minimum Gasteiger partial charge on any atom is -0.0922 e. The molecule has 1 aromatic carbocycles. The van der Waals surface area contributed by atoms with Gasteiger partial charge in [0.25, 0.3) is 0 Å². The van der Waals surface area contributed by atoms with Gasteiger partial charge >= 0.3 is 0 Å². The molecule has 0 atom stereocenters. The van der Waals surface area contributed by atoms with Crippen molar-refractivity contribution in [3.63, 3.8) is 0 Å². The number of benzene rings is 1. The molecular weight excluding hydrogens is 260 g/mol. The molecule has 0 amide bonds. The maximum absolute atomic E-state index is 3.73. The fourth-order valence-corrected chi connectivity index (χ4v) is 3.64. The molecule has 0 nitrogen and oxygen atoms in total. The van der Waals surface area contributed by atoms with E-state index in [0.29, 0.717) is 5.41 Å². The van der Waals surface area contributed by atoms with E-state index < -0.39 is 0 Å². The molecule has 0 unspecified atom stereocenters. The van der Waals surface area contributed by atoms with Crippen molar-refractivity contribution >= 4 is 15.9 Å². The second-order valence-corrected chi connectivity index (χ2v) is 6.01. The van der Waals surface area contributed by atoms with Crippen LogP contribution in [-0.4, -0.2) is 5.33 Å². The summed E-state index contributed by atoms with van der Waals surface area (Å²) >= 11 is 3.73. The summed E-state index contributed by atoms with van der Waals surface area (Å²) in [7, 11) is 0. The summed E-state index contributed by atoms with van der Waals surface area (Å²) in [6, 6.07) is 6.86. The highest BCUT2D eigenvalue weighted by molar-refractivity contribution is 9.09. The summed E-state index contributed by atoms with van der Waals surface area (Å²) in [6.07, 6.45) is 6.87. The number of hydrogen-bond donors (Lipinski definition) is 0. The lowest BCUT2D eigenvalue weighted by molar-refractivity contribution is 0.346. The molecule has 1 saturated carbocycles. The van der Waals surface area contributed by atoms with E-state index in [0.717, 1.165) is 5.33 Å². The van der Waals surface area contributed by atoms with Crippen LogP contribution in [0.25, 0.3) is 0 Å². The molecule has 0 heterocycles. The molecule has 0 aromatic heterocycles. The molecule has 1 aromatic rings. The van der Waals surface area contributed by atoms with E-state index >= 15 is 0 Å². The highest BCUT2D eigenvalue weighted by atomic mass is 79.9. The van der Waals surface area contributed by atoms with Crippen molar-refractivity contribution in [3.05, 3.63) is 34.9 Å². The molecule has 0 radical (unpaired) electrons. The lowest BCUT2D eigenvalue weighted by atomic mass is 9.81. The van der Waals surface area contributed by atoms with Crippen LogP contribution >= 0.6 is 15.9 Å². The lowest BCUT2D eigenvalue weighted by Gasteiger charge is -2.27. The van der Waals surface area contributed by atoms with Crippen LogP contribution in [-0.2, 0) is 6.42 Å². The topological polar surface area (TPSA) is 0 Å². The molecule has 0 spiro atoms. The zero-order valence-electron chi connectivity index (χ0n) is 10.4. The average molecular weight is 281 g/mol. The maximum Gasteiger partial charge on any atom is 0.00911 e. The Morgan fingerprint density at radius 1 is 1.19 bits per heavy atom. The Hall–Kier alpha value is -0.300. The van der Waals surface area contributed by atoms with Crippen LogP contribution in [0, 0.1) is 19.3 Å². The van der Waals surface area contributed by atoms with Gasteiger partial charge in [-0.1, -0.05) is 52.5 Å². The minimum atomic E-state index is 0.540. The van der Waals surface area contributed by atoms with Gasteiger partial charge in [-0.2, -0.15) is 0 Å². The van der Waals surface area contributed by atoms with Crippen LogP contribution in [0.1, 0.15) is 42.4 Å². The summed E-state index contributed by atoms with van der Waals surface area (Å²) in [5.41, 5.74) is 4.95. The van der Waals surface area contributed by atoms with E-state index in [-0.39, 0.29) is 0 Å². The van der Waals surface area contributed by atoms with Gasteiger partial charge in [-0.3, -0.25) is 0 Å². The molecule has 1 aliphatic rings. The largest absolute Gasteiger partial charge is 0.0922 e. The molecule has 1 fully saturated rings. The Kier molecular flexibility index (Phi) is 3.73. The van der Waals surface area contributed by atoms with Crippen LogP contribution < -0.4 is 0 Å². The number of aryl methyl sites for hydroxylation is 2. The molecular formula is C15H21Br. The molecule has 0 saturated heterocycles. The Morgan fingerprint density at radius 2 is 1.88 bits per heavy atom. The number of alkyl halides is 1. The predicted molar refractivity (Wildman–Crippen MR) is 74.3 cm³/mol. The van der Waals surface area contributed by atoms with Gasteiger partial charge in [0.1, 0.15) is 0 Å². The Bertz CT molecular complexity index is 362. The smallest absolute Gasteiger partial charge is 0.00911 e. The van der Waals surface area contributed by atoms with Crippen molar-refractivity contribution in [3.8, 4) is 0 Å². The highest BCUT2D eigenvalue weighted by Gasteiger charge is 2.33. The summed E-state index contributed by atoms with van der Waals surface area (Å²) in [5.74, 6) is 0. The van der Waals surface area contributed by atoms with E-state index in [2.05, 4.69) is 48.0 Å². The van der Waals surface area contributed by atoms with Crippen molar-refractivity contribution in [1.29, 1.82) is 0 Å². The first kappa shape index (κ1) is 12.2. The van der Waals surface area contributed by atoms with E-state index in [4.69, 9.17) is 0 Å². The van der Waals surface area contributed by atoms with Gasteiger partial charge in [-0.15, -0.1) is 0 Å². The third-order valence-electron chi connectivity index (χ3n) is 4.02. The third kappa shape index (κ3) is 2.51. The van der Waals surface area contributed by atoms with Crippen molar-refractivity contribution in [2.24, 2.45) is 5.41 Å². The van der Waals surface area contributed by atoms with Crippen LogP contribution in [0.15, 0.2) is 18.2 Å². The number of hydrogen-bond acceptors (Lipinski definition) is 0. The molecule has 0 aliphatic heterocycles. The van der Waals surface area contributed by atoms with E-state index in [1.807, 2.05) is 0 Å². The second kappa shape index (κ2) is 4.91. The normalized spacial score (nSPS) is 18.9. The first-order valence-corrected chi connectivity index (χ1v) is 7.39. The van der Waals surface area contributed by atoms with Gasteiger partial charge in [0.15, 0.2) is 0 Å². The fourth-order valence-electron chi connectivity index (χ4n) is 2.88. The van der Waals surface area contributed by atoms with Gasteiger partial charge in [0, 0.05) is 5.33 Å². The predicted octanol–water partition coefficient (Wildman–Crippen LogP) is 4.80. The average Bonchev–Trinajstić information content (AvgIpc) is 2.73. The minimum absolute atomic E-state index is 0.540. The van der Waals surface area contributed by atoms with Crippen LogP contribution in [0.5, 0.6) is 0 Å². The molecule has 16 heavy (non-hydrogen) atoms. The van der Waals surface area contributed by atoms with Crippen molar-refractivity contribution in [1.82, 2.24) is 0 Å². The zero-order valence-corrected chi connectivity index (χ0v) is 11.9. The molecule has 1 heteroatoms. The quantitative estimate of drug-likeness (QED) is 0.698. The van der Waals surface area contributed by atoms with Gasteiger partial charge < -0.3 is 0 Å². The third-order valence-corrected chi connectivity index (χ3v) is 5.21. The van der Waals surface area contributed by atoms with E-state index in [1.54, 1.807) is 5.56 Å². The summed E-state index contributed by atoms with van der Waals surface area (Å²) in [6.45, 7) is 4.43. The van der Waals surface area contributed by atoms with Gasteiger partial charge in [-0.25, -0.2) is 0 Å². The zero-order chi connectivity index (χ0) is 11.6. The standard InChI is InChI=1S/C15H21Br/c1-12-5-6-13(2)14(9-12)10-15(11-16)7-3-4-8-15/h5-6,9H,3-4,7-8,10-11H2,1-2H3. The van der Waals surface area contributed by atoms with E-state index in [1.165, 1.54) is 43.2 Å². The Balaban J connectivity index is 2.21. The second-order valence-electron chi connectivity index (χ2n) is 5.45. The van der Waals surface area contributed by atoms with Gasteiger partial charge in [-0.05, 0) is 49.7 Å². The first-order chi connectivity index (χ1) is 7.65. The van der Waals surface area contributed by atoms with Crippen LogP contribution in [0.2, 0.25) is 0 Å². The summed E-state index contributed by atoms with van der Waals surface area (Å²) < 4.78 is 0. The fraction of sp³-hybridized carbons (Fsp3) is 0.600. The summed E-state index contributed by atoms with van der Waals surface area (Å²) in [4.78, 5) is 0. The monoisotopic (exact) mass is 280 g/mol. The number of rotatable bonds is 3. The first-order valence-electron chi connectivity index (χ1n) is 6.27.